The van der Waals surface area contributed by atoms with Crippen LogP contribution in [0.5, 0.6) is 0 Å². The molecule has 0 aliphatic rings. The Morgan fingerprint density at radius 2 is 0.480 bits per heavy atom. The molecular weight excluding hydrogens is 925 g/mol. The van der Waals surface area contributed by atoms with Crippen LogP contribution < -0.4 is 0 Å². The third-order valence-electron chi connectivity index (χ3n) is 14.5. The lowest BCUT2D eigenvalue weighted by atomic mass is 10.0. The Morgan fingerprint density at radius 3 is 0.773 bits per heavy atom. The van der Waals surface area contributed by atoms with Crippen molar-refractivity contribution in [3.8, 4) is 0 Å². The maximum absolute atomic E-state index is 12.9. The number of hydrogen-bond acceptors (Lipinski definition) is 6. The molecule has 0 fully saturated rings. The topological polar surface area (TPSA) is 78.9 Å². The van der Waals surface area contributed by atoms with Crippen LogP contribution in [-0.4, -0.2) is 37.2 Å². The summed E-state index contributed by atoms with van der Waals surface area (Å²) >= 11 is 0. The van der Waals surface area contributed by atoms with E-state index in [4.69, 9.17) is 14.2 Å². The Bertz CT molecular complexity index is 1340. The minimum atomic E-state index is -0.781. The molecule has 0 heterocycles. The van der Waals surface area contributed by atoms with E-state index in [0.717, 1.165) is 89.9 Å². The first-order chi connectivity index (χ1) is 37.0. The van der Waals surface area contributed by atoms with Crippen molar-refractivity contribution in [1.29, 1.82) is 0 Å². The largest absolute Gasteiger partial charge is 0.462 e. The van der Waals surface area contributed by atoms with E-state index < -0.39 is 6.10 Å². The van der Waals surface area contributed by atoms with Gasteiger partial charge >= 0.3 is 17.9 Å². The predicted molar refractivity (Wildman–Crippen MR) is 325 cm³/mol. The number of rotatable bonds is 60. The zero-order valence-electron chi connectivity index (χ0n) is 50.1. The molecule has 1 unspecified atom stereocenters. The molecule has 0 aliphatic carbocycles. The highest BCUT2D eigenvalue weighted by molar-refractivity contribution is 5.71. The van der Waals surface area contributed by atoms with Crippen LogP contribution >= 0.6 is 0 Å². The van der Waals surface area contributed by atoms with Gasteiger partial charge < -0.3 is 14.2 Å². The van der Waals surface area contributed by atoms with Crippen LogP contribution in [0.3, 0.4) is 0 Å². The van der Waals surface area contributed by atoms with E-state index in [1.54, 1.807) is 0 Å². The van der Waals surface area contributed by atoms with Crippen LogP contribution in [0, 0.1) is 0 Å². The first kappa shape index (κ1) is 72.1. The van der Waals surface area contributed by atoms with Crippen LogP contribution in [0.15, 0.2) is 60.8 Å². The van der Waals surface area contributed by atoms with Crippen molar-refractivity contribution in [2.75, 3.05) is 13.2 Å². The van der Waals surface area contributed by atoms with Gasteiger partial charge in [-0.05, 0) is 109 Å². The second-order valence-electron chi connectivity index (χ2n) is 22.0. The fraction of sp³-hybridized carbons (Fsp3) is 0.812. The van der Waals surface area contributed by atoms with Crippen LogP contribution in [0.2, 0.25) is 0 Å². The highest BCUT2D eigenvalue weighted by Gasteiger charge is 2.19. The van der Waals surface area contributed by atoms with Crippen LogP contribution in [0.25, 0.3) is 0 Å². The highest BCUT2D eigenvalue weighted by Crippen LogP contribution is 2.17. The number of hydrogen-bond donors (Lipinski definition) is 0. The van der Waals surface area contributed by atoms with Gasteiger partial charge in [-0.25, -0.2) is 0 Å². The summed E-state index contributed by atoms with van der Waals surface area (Å²) in [5, 5.41) is 0. The van der Waals surface area contributed by atoms with Gasteiger partial charge in [0.1, 0.15) is 13.2 Å². The minimum absolute atomic E-state index is 0.0781. The average Bonchev–Trinajstić information content (AvgIpc) is 3.41. The Hall–Kier alpha value is -2.89. The molecule has 0 spiro atoms. The van der Waals surface area contributed by atoms with Crippen LogP contribution in [0.4, 0.5) is 0 Å². The summed E-state index contributed by atoms with van der Waals surface area (Å²) in [5.74, 6) is -0.880. The molecule has 0 rings (SSSR count). The Labute approximate surface area is 466 Å². The lowest BCUT2D eigenvalue weighted by Crippen LogP contribution is -2.30. The van der Waals surface area contributed by atoms with Gasteiger partial charge in [0.15, 0.2) is 6.10 Å². The summed E-state index contributed by atoms with van der Waals surface area (Å²) in [4.78, 5) is 38.3. The van der Waals surface area contributed by atoms with E-state index in [1.165, 1.54) is 212 Å². The zero-order valence-corrected chi connectivity index (χ0v) is 50.1. The fourth-order valence-corrected chi connectivity index (χ4v) is 9.50. The number of esters is 3. The SMILES string of the molecule is CCCCCC/C=C\CCCCCCCC(=O)OCC(COC(=O)CCCCCCCCCCCCCCCC/C=C\C/C=C\C/C=C\CCCCCCC)OC(=O)CCCCCCC/C=C\CCCCCCCC. The van der Waals surface area contributed by atoms with Crippen molar-refractivity contribution in [2.45, 2.75) is 348 Å². The number of carbonyl (C=O) groups excluding carboxylic acids is 3. The normalized spacial score (nSPS) is 12.4. The summed E-state index contributed by atoms with van der Waals surface area (Å²) < 4.78 is 16.9. The minimum Gasteiger partial charge on any atom is -0.462 e. The number of carbonyl (C=O) groups is 3. The molecular formula is C69H124O6. The smallest absolute Gasteiger partial charge is 0.306 e. The van der Waals surface area contributed by atoms with E-state index in [9.17, 15) is 14.4 Å². The molecule has 436 valence electrons. The van der Waals surface area contributed by atoms with Crippen molar-refractivity contribution in [3.05, 3.63) is 60.8 Å². The monoisotopic (exact) mass is 1050 g/mol. The molecule has 0 amide bonds. The standard InChI is InChI=1S/C69H124O6/c1-4-7-10-13-16-19-22-25-27-28-29-30-31-32-33-34-35-36-37-38-39-40-42-44-47-50-53-56-59-62-68(71)74-65-66(64-73-67(70)61-58-55-52-49-46-43-24-21-18-15-12-9-6-3)75-69(72)63-60-57-54-51-48-45-41-26-23-20-17-14-11-8-5-2/h21-22,24-26,28-29,31-32,41,66H,4-20,23,27,30,33-40,42-65H2,1-3H3/b24-21-,25-22-,29-28-,32-31-,41-26-. The summed E-state index contributed by atoms with van der Waals surface area (Å²) in [6, 6.07) is 0. The first-order valence-corrected chi connectivity index (χ1v) is 32.8. The molecule has 75 heavy (non-hydrogen) atoms. The number of allylic oxidation sites excluding steroid dienone is 10. The average molecular weight is 1050 g/mol. The van der Waals surface area contributed by atoms with Gasteiger partial charge in [-0.1, -0.05) is 274 Å². The van der Waals surface area contributed by atoms with Crippen molar-refractivity contribution in [2.24, 2.45) is 0 Å². The van der Waals surface area contributed by atoms with Crippen molar-refractivity contribution in [1.82, 2.24) is 0 Å². The second-order valence-corrected chi connectivity index (χ2v) is 22.0. The first-order valence-electron chi connectivity index (χ1n) is 32.8. The third-order valence-corrected chi connectivity index (χ3v) is 14.5. The summed E-state index contributed by atoms with van der Waals surface area (Å²) in [5.41, 5.74) is 0. The van der Waals surface area contributed by atoms with Gasteiger partial charge in [0.25, 0.3) is 0 Å². The van der Waals surface area contributed by atoms with Crippen LogP contribution in [-0.2, 0) is 28.6 Å². The Morgan fingerprint density at radius 1 is 0.267 bits per heavy atom. The highest BCUT2D eigenvalue weighted by atomic mass is 16.6. The van der Waals surface area contributed by atoms with Crippen molar-refractivity contribution in [3.63, 3.8) is 0 Å². The van der Waals surface area contributed by atoms with E-state index in [0.29, 0.717) is 19.3 Å². The number of unbranched alkanes of at least 4 members (excludes halogenated alkanes) is 39. The van der Waals surface area contributed by atoms with E-state index in [2.05, 4.69) is 81.5 Å². The van der Waals surface area contributed by atoms with E-state index in [1.807, 2.05) is 0 Å². The fourth-order valence-electron chi connectivity index (χ4n) is 9.50. The Balaban J connectivity index is 4.21. The summed E-state index contributed by atoms with van der Waals surface area (Å²) in [6.07, 6.45) is 80.9. The molecule has 0 saturated heterocycles. The molecule has 0 aromatic carbocycles. The maximum Gasteiger partial charge on any atom is 0.306 e. The Kier molecular flexibility index (Phi) is 61.2. The van der Waals surface area contributed by atoms with E-state index >= 15 is 0 Å². The third kappa shape index (κ3) is 61.8. The predicted octanol–water partition coefficient (Wildman–Crippen LogP) is 22.3. The lowest BCUT2D eigenvalue weighted by molar-refractivity contribution is -0.167. The molecule has 0 saturated carbocycles. The summed E-state index contributed by atoms with van der Waals surface area (Å²) in [6.45, 7) is 6.63. The molecule has 0 radical (unpaired) electrons. The second kappa shape index (κ2) is 63.6. The molecule has 0 bridgehead atoms. The van der Waals surface area contributed by atoms with Crippen molar-refractivity contribution >= 4 is 17.9 Å². The van der Waals surface area contributed by atoms with E-state index in [-0.39, 0.29) is 31.1 Å². The molecule has 0 aromatic rings. The van der Waals surface area contributed by atoms with Gasteiger partial charge in [-0.2, -0.15) is 0 Å². The molecule has 6 nitrogen and oxygen atoms in total. The van der Waals surface area contributed by atoms with Crippen LogP contribution in [0.1, 0.15) is 342 Å². The molecule has 1 atom stereocenters. The van der Waals surface area contributed by atoms with Gasteiger partial charge in [0, 0.05) is 19.3 Å². The van der Waals surface area contributed by atoms with Gasteiger partial charge in [-0.15, -0.1) is 0 Å². The molecule has 6 heteroatoms. The van der Waals surface area contributed by atoms with Gasteiger partial charge in [-0.3, -0.25) is 14.4 Å². The molecule has 0 aromatic heterocycles. The van der Waals surface area contributed by atoms with Crippen molar-refractivity contribution < 1.29 is 28.6 Å². The quantitative estimate of drug-likeness (QED) is 0.0261. The summed E-state index contributed by atoms with van der Waals surface area (Å²) in [7, 11) is 0. The lowest BCUT2D eigenvalue weighted by Gasteiger charge is -2.18. The van der Waals surface area contributed by atoms with Gasteiger partial charge in [0.2, 0.25) is 0 Å². The molecule has 0 N–H and O–H groups in total. The van der Waals surface area contributed by atoms with Gasteiger partial charge in [0.05, 0.1) is 0 Å². The maximum atomic E-state index is 12.9. The zero-order chi connectivity index (χ0) is 54.3. The molecule has 0 aliphatic heterocycles. The number of ether oxygens (including phenoxy) is 3.